The van der Waals surface area contributed by atoms with E-state index in [0.717, 1.165) is 11.1 Å². The number of rotatable bonds is 6. The maximum absolute atomic E-state index is 13.0. The van der Waals surface area contributed by atoms with E-state index in [2.05, 4.69) is 0 Å². The lowest BCUT2D eigenvalue weighted by molar-refractivity contribution is -0.124. The van der Waals surface area contributed by atoms with Crippen molar-refractivity contribution in [2.45, 2.75) is 12.8 Å². The third kappa shape index (κ3) is 4.51. The van der Waals surface area contributed by atoms with Crippen LogP contribution in [0, 0.1) is 0 Å². The molecule has 0 radical (unpaired) electrons. The van der Waals surface area contributed by atoms with E-state index in [9.17, 15) is 9.59 Å². The average Bonchev–Trinajstić information content (AvgIpc) is 3.20. The van der Waals surface area contributed by atoms with Gasteiger partial charge in [-0.05, 0) is 24.0 Å². The zero-order valence-corrected chi connectivity index (χ0v) is 19.2. The molecule has 0 aromatic heterocycles. The van der Waals surface area contributed by atoms with Crippen LogP contribution >= 0.6 is 48.0 Å². The van der Waals surface area contributed by atoms with Crippen molar-refractivity contribution < 1.29 is 9.59 Å². The van der Waals surface area contributed by atoms with Crippen molar-refractivity contribution >= 4 is 68.4 Å². The number of hydrogen-bond acceptors (Lipinski definition) is 6. The smallest absolute Gasteiger partial charge is 0.267 e. The minimum Gasteiger partial charge on any atom is -0.293 e. The summed E-state index contributed by atoms with van der Waals surface area (Å²) in [7, 11) is 0. The van der Waals surface area contributed by atoms with Gasteiger partial charge in [0, 0.05) is 13.1 Å². The number of hydrogen-bond donors (Lipinski definition) is 0. The molecule has 0 N–H and O–H groups in total. The largest absolute Gasteiger partial charge is 0.293 e. The first-order chi connectivity index (χ1) is 14.5. The van der Waals surface area contributed by atoms with Crippen LogP contribution in [0.15, 0.2) is 70.5 Å². The molecule has 0 bridgehead atoms. The first-order valence-corrected chi connectivity index (χ1v) is 11.9. The molecule has 2 fully saturated rings. The minimum absolute atomic E-state index is 0.204. The van der Waals surface area contributed by atoms with Crippen molar-refractivity contribution in [3.05, 3.63) is 81.6 Å². The SMILES string of the molecule is O=C1/C(=C2\SC(=S)N(CCc3ccccc3)C2=O)SC(=S)N1CCc1ccccc1. The maximum Gasteiger partial charge on any atom is 0.267 e. The summed E-state index contributed by atoms with van der Waals surface area (Å²) < 4.78 is 0.973. The van der Waals surface area contributed by atoms with Crippen LogP contribution in [0.25, 0.3) is 0 Å². The Bertz CT molecular complexity index is 954. The Morgan fingerprint density at radius 1 is 0.633 bits per heavy atom. The lowest BCUT2D eigenvalue weighted by atomic mass is 10.1. The van der Waals surface area contributed by atoms with Gasteiger partial charge in [0.25, 0.3) is 11.8 Å². The summed E-state index contributed by atoms with van der Waals surface area (Å²) in [6.45, 7) is 0.985. The molecule has 2 saturated heterocycles. The number of thioether (sulfide) groups is 2. The van der Waals surface area contributed by atoms with Gasteiger partial charge in [-0.2, -0.15) is 0 Å². The van der Waals surface area contributed by atoms with Crippen molar-refractivity contribution in [3.63, 3.8) is 0 Å². The van der Waals surface area contributed by atoms with Gasteiger partial charge in [0.1, 0.15) is 8.64 Å². The van der Waals surface area contributed by atoms with Crippen LogP contribution < -0.4 is 0 Å². The van der Waals surface area contributed by atoms with Gasteiger partial charge in [0.05, 0.1) is 9.81 Å². The molecule has 2 aromatic carbocycles. The number of thiocarbonyl (C=S) groups is 2. The number of carbonyl (C=O) groups excluding carboxylic acids is 2. The molecule has 0 atom stereocenters. The third-order valence-electron chi connectivity index (χ3n) is 4.84. The molecular formula is C22H18N2O2S4. The van der Waals surface area contributed by atoms with E-state index in [-0.39, 0.29) is 11.8 Å². The Balaban J connectivity index is 1.46. The molecular weight excluding hydrogens is 453 g/mol. The average molecular weight is 471 g/mol. The summed E-state index contributed by atoms with van der Waals surface area (Å²) in [6, 6.07) is 19.9. The normalized spacial score (nSPS) is 19.3. The number of nitrogens with zero attached hydrogens (tertiary/aromatic N) is 2. The molecule has 2 amide bonds. The molecule has 0 aliphatic carbocycles. The van der Waals surface area contributed by atoms with Gasteiger partial charge in [-0.25, -0.2) is 0 Å². The van der Waals surface area contributed by atoms with Gasteiger partial charge in [-0.1, -0.05) is 109 Å². The zero-order valence-electron chi connectivity index (χ0n) is 15.9. The van der Waals surface area contributed by atoms with Gasteiger partial charge in [-0.3, -0.25) is 19.4 Å². The third-order valence-corrected chi connectivity index (χ3v) is 7.86. The summed E-state index contributed by atoms with van der Waals surface area (Å²) in [5.41, 5.74) is 2.28. The van der Waals surface area contributed by atoms with E-state index in [1.54, 1.807) is 9.80 Å². The van der Waals surface area contributed by atoms with Crippen molar-refractivity contribution in [2.24, 2.45) is 0 Å². The summed E-state index contributed by atoms with van der Waals surface area (Å²) in [6.07, 6.45) is 1.41. The highest BCUT2D eigenvalue weighted by Gasteiger charge is 2.41. The van der Waals surface area contributed by atoms with E-state index in [4.69, 9.17) is 24.4 Å². The van der Waals surface area contributed by atoms with Crippen LogP contribution in [0.2, 0.25) is 0 Å². The first kappa shape index (κ1) is 21.2. The minimum atomic E-state index is -0.204. The molecule has 2 aromatic rings. The van der Waals surface area contributed by atoms with E-state index in [0.29, 0.717) is 44.4 Å². The van der Waals surface area contributed by atoms with Crippen LogP contribution in [0.1, 0.15) is 11.1 Å². The molecule has 0 spiro atoms. The predicted molar refractivity (Wildman–Crippen MR) is 131 cm³/mol. The highest BCUT2D eigenvalue weighted by Crippen LogP contribution is 2.42. The fourth-order valence-corrected chi connectivity index (χ4v) is 6.00. The standard InChI is InChI=1S/C22H18N2O2S4/c25-19-17(29-21(27)23(19)13-11-15-7-3-1-4-8-15)18-20(26)24(22(28)30-18)14-12-16-9-5-2-6-10-16/h1-10H,11-14H2/b18-17+. The molecule has 4 rings (SSSR count). The number of amides is 2. The van der Waals surface area contributed by atoms with Crippen molar-refractivity contribution in [1.82, 2.24) is 9.80 Å². The lowest BCUT2D eigenvalue weighted by Gasteiger charge is -2.14. The summed E-state index contributed by atoms with van der Waals surface area (Å²) >= 11 is 13.2. The summed E-state index contributed by atoms with van der Waals surface area (Å²) in [5, 5.41) is 0. The lowest BCUT2D eigenvalue weighted by Crippen LogP contribution is -2.32. The van der Waals surface area contributed by atoms with Gasteiger partial charge < -0.3 is 0 Å². The predicted octanol–water partition coefficient (Wildman–Crippen LogP) is 4.40. The fourth-order valence-electron chi connectivity index (χ4n) is 3.23. The van der Waals surface area contributed by atoms with Crippen LogP contribution in [0.3, 0.4) is 0 Å². The van der Waals surface area contributed by atoms with Gasteiger partial charge >= 0.3 is 0 Å². The molecule has 2 aliphatic rings. The van der Waals surface area contributed by atoms with E-state index in [1.807, 2.05) is 60.7 Å². The second-order valence-electron chi connectivity index (χ2n) is 6.78. The number of carbonyl (C=O) groups is 2. The van der Waals surface area contributed by atoms with Crippen molar-refractivity contribution in [1.29, 1.82) is 0 Å². The summed E-state index contributed by atoms with van der Waals surface area (Å²) in [4.78, 5) is 29.9. The monoisotopic (exact) mass is 470 g/mol. The molecule has 0 saturated carbocycles. The first-order valence-electron chi connectivity index (χ1n) is 9.44. The molecule has 2 heterocycles. The van der Waals surface area contributed by atoms with Crippen molar-refractivity contribution in [3.8, 4) is 0 Å². The highest BCUT2D eigenvalue weighted by atomic mass is 32.2. The zero-order chi connectivity index (χ0) is 21.1. The number of benzene rings is 2. The Labute approximate surface area is 194 Å². The molecule has 0 unspecified atom stereocenters. The van der Waals surface area contributed by atoms with Gasteiger partial charge in [0.15, 0.2) is 0 Å². The van der Waals surface area contributed by atoms with Gasteiger partial charge in [-0.15, -0.1) is 0 Å². The Hall–Kier alpha value is -2.00. The van der Waals surface area contributed by atoms with Crippen LogP contribution in [-0.2, 0) is 22.4 Å². The molecule has 8 heteroatoms. The highest BCUT2D eigenvalue weighted by molar-refractivity contribution is 8.29. The van der Waals surface area contributed by atoms with Crippen LogP contribution in [0.5, 0.6) is 0 Å². The molecule has 2 aliphatic heterocycles. The molecule has 152 valence electrons. The second kappa shape index (κ2) is 9.43. The van der Waals surface area contributed by atoms with Crippen LogP contribution in [0.4, 0.5) is 0 Å². The fraction of sp³-hybridized carbons (Fsp3) is 0.182. The maximum atomic E-state index is 13.0. The Morgan fingerprint density at radius 2 is 1.00 bits per heavy atom. The van der Waals surface area contributed by atoms with Crippen LogP contribution in [-0.4, -0.2) is 43.3 Å². The van der Waals surface area contributed by atoms with Crippen molar-refractivity contribution in [2.75, 3.05) is 13.1 Å². The Morgan fingerprint density at radius 3 is 1.37 bits per heavy atom. The quantitative estimate of drug-likeness (QED) is 0.460. The summed E-state index contributed by atoms with van der Waals surface area (Å²) in [5.74, 6) is -0.408. The second-order valence-corrected chi connectivity index (χ2v) is 10.1. The van der Waals surface area contributed by atoms with E-state index < -0.39 is 0 Å². The topological polar surface area (TPSA) is 40.6 Å². The van der Waals surface area contributed by atoms with E-state index >= 15 is 0 Å². The van der Waals surface area contributed by atoms with Gasteiger partial charge in [0.2, 0.25) is 0 Å². The Kier molecular flexibility index (Phi) is 6.67. The molecule has 30 heavy (non-hydrogen) atoms. The van der Waals surface area contributed by atoms with E-state index in [1.165, 1.54) is 23.5 Å². The molecule has 4 nitrogen and oxygen atoms in total.